The van der Waals surface area contributed by atoms with Gasteiger partial charge in [-0.15, -0.1) is 11.3 Å². The van der Waals surface area contributed by atoms with Crippen molar-refractivity contribution >= 4 is 32.9 Å². The number of nitrogen functional groups attached to an aromatic ring is 1. The van der Waals surface area contributed by atoms with Crippen LogP contribution < -0.4 is 11.1 Å². The van der Waals surface area contributed by atoms with Gasteiger partial charge in [-0.3, -0.25) is 0 Å². The Morgan fingerprint density at radius 1 is 1.16 bits per heavy atom. The van der Waals surface area contributed by atoms with Crippen LogP contribution in [0.4, 0.5) is 11.4 Å². The summed E-state index contributed by atoms with van der Waals surface area (Å²) in [5, 5.41) is 3.45. The average Bonchev–Trinajstić information content (AvgIpc) is 2.92. The highest BCUT2D eigenvalue weighted by Crippen LogP contribution is 2.32. The van der Waals surface area contributed by atoms with Gasteiger partial charge in [-0.1, -0.05) is 30.3 Å². The molecule has 1 aromatic heterocycles. The predicted octanol–water partition coefficient (Wildman–Crippen LogP) is 4.05. The third kappa shape index (κ3) is 2.27. The van der Waals surface area contributed by atoms with Gasteiger partial charge < -0.3 is 11.1 Å². The summed E-state index contributed by atoms with van der Waals surface area (Å²) >= 11 is 1.61. The van der Waals surface area contributed by atoms with E-state index in [9.17, 15) is 0 Å². The van der Waals surface area contributed by atoms with Gasteiger partial charge in [0.15, 0.2) is 0 Å². The molecule has 3 aromatic rings. The molecule has 2 aromatic carbocycles. The molecule has 1 atom stereocenters. The summed E-state index contributed by atoms with van der Waals surface area (Å²) in [7, 11) is 0. The van der Waals surface area contributed by atoms with E-state index in [4.69, 9.17) is 5.73 Å². The van der Waals surface area contributed by atoms with E-state index in [-0.39, 0.29) is 6.04 Å². The van der Waals surface area contributed by atoms with Crippen LogP contribution >= 0.6 is 11.3 Å². The molecule has 0 spiro atoms. The van der Waals surface area contributed by atoms with Crippen LogP contribution in [0.15, 0.2) is 48.0 Å². The Morgan fingerprint density at radius 2 is 1.95 bits per heavy atom. The summed E-state index contributed by atoms with van der Waals surface area (Å²) in [5.41, 5.74) is 11.8. The molecule has 3 N–H and O–H groups in total. The summed E-state index contributed by atoms with van der Waals surface area (Å²) in [5.74, 6) is 0. The third-order valence-electron chi connectivity index (χ3n) is 3.21. The normalized spacial score (nSPS) is 12.5. The minimum atomic E-state index is 0.208. The van der Waals surface area contributed by atoms with Crippen LogP contribution in [0.5, 0.6) is 0 Å². The first-order chi connectivity index (χ1) is 9.25. The number of benzene rings is 2. The predicted molar refractivity (Wildman–Crippen MR) is 82.5 cm³/mol. The number of aromatic nitrogens is 1. The highest BCUT2D eigenvalue weighted by atomic mass is 32.1. The van der Waals surface area contributed by atoms with E-state index in [0.717, 1.165) is 21.6 Å². The first-order valence-electron chi connectivity index (χ1n) is 6.19. The zero-order chi connectivity index (χ0) is 13.2. The van der Waals surface area contributed by atoms with Crippen LogP contribution in [0.1, 0.15) is 18.5 Å². The number of fused-ring (bicyclic) bond motifs is 1. The van der Waals surface area contributed by atoms with Gasteiger partial charge in [-0.25, -0.2) is 4.98 Å². The summed E-state index contributed by atoms with van der Waals surface area (Å²) in [6.45, 7) is 2.13. The molecule has 0 aliphatic rings. The monoisotopic (exact) mass is 269 g/mol. The number of anilines is 2. The van der Waals surface area contributed by atoms with Gasteiger partial charge in [0.25, 0.3) is 0 Å². The smallest absolute Gasteiger partial charge is 0.106 e. The molecule has 0 aliphatic carbocycles. The van der Waals surface area contributed by atoms with Gasteiger partial charge in [-0.2, -0.15) is 0 Å². The molecule has 0 fully saturated rings. The lowest BCUT2D eigenvalue weighted by Gasteiger charge is -2.17. The number of nitrogens with two attached hydrogens (primary N) is 1. The SMILES string of the molecule is CC(Nc1ccc2scnc2c1N)c1ccccc1. The lowest BCUT2D eigenvalue weighted by atomic mass is 10.1. The van der Waals surface area contributed by atoms with E-state index in [1.165, 1.54) is 5.56 Å². The van der Waals surface area contributed by atoms with Crippen molar-refractivity contribution < 1.29 is 0 Å². The van der Waals surface area contributed by atoms with Crippen molar-refractivity contribution in [1.29, 1.82) is 0 Å². The van der Waals surface area contributed by atoms with E-state index in [1.54, 1.807) is 11.3 Å². The van der Waals surface area contributed by atoms with Crippen molar-refractivity contribution in [1.82, 2.24) is 4.98 Å². The van der Waals surface area contributed by atoms with Gasteiger partial charge in [-0.05, 0) is 24.6 Å². The topological polar surface area (TPSA) is 50.9 Å². The van der Waals surface area contributed by atoms with Gasteiger partial charge in [0.1, 0.15) is 5.52 Å². The Kier molecular flexibility index (Phi) is 3.09. The molecular formula is C15H15N3S. The number of hydrogen-bond acceptors (Lipinski definition) is 4. The van der Waals surface area contributed by atoms with E-state index >= 15 is 0 Å². The van der Waals surface area contributed by atoms with Gasteiger partial charge in [0, 0.05) is 6.04 Å². The molecule has 3 rings (SSSR count). The molecule has 4 heteroatoms. The molecule has 0 amide bonds. The zero-order valence-corrected chi connectivity index (χ0v) is 11.4. The van der Waals surface area contributed by atoms with Crippen LogP contribution in [0, 0.1) is 0 Å². The average molecular weight is 269 g/mol. The van der Waals surface area contributed by atoms with Crippen molar-refractivity contribution in [3.05, 3.63) is 53.5 Å². The Bertz CT molecular complexity index is 691. The number of hydrogen-bond donors (Lipinski definition) is 2. The van der Waals surface area contributed by atoms with Gasteiger partial charge in [0.2, 0.25) is 0 Å². The Morgan fingerprint density at radius 3 is 2.74 bits per heavy atom. The number of rotatable bonds is 3. The molecule has 0 aliphatic heterocycles. The Balaban J connectivity index is 1.91. The molecule has 0 saturated carbocycles. The molecule has 1 heterocycles. The van der Waals surface area contributed by atoms with Crippen LogP contribution in [0.2, 0.25) is 0 Å². The first kappa shape index (κ1) is 12.0. The van der Waals surface area contributed by atoms with Crippen molar-refractivity contribution in [3.63, 3.8) is 0 Å². The fraction of sp³-hybridized carbons (Fsp3) is 0.133. The third-order valence-corrected chi connectivity index (χ3v) is 4.01. The second-order valence-electron chi connectivity index (χ2n) is 4.50. The van der Waals surface area contributed by atoms with Crippen molar-refractivity contribution in [3.8, 4) is 0 Å². The highest BCUT2D eigenvalue weighted by molar-refractivity contribution is 7.16. The fourth-order valence-corrected chi connectivity index (χ4v) is 2.83. The maximum Gasteiger partial charge on any atom is 0.106 e. The van der Waals surface area contributed by atoms with E-state index < -0.39 is 0 Å². The first-order valence-corrected chi connectivity index (χ1v) is 7.07. The molecular weight excluding hydrogens is 254 g/mol. The summed E-state index contributed by atoms with van der Waals surface area (Å²) in [4.78, 5) is 4.31. The largest absolute Gasteiger partial charge is 0.395 e. The minimum Gasteiger partial charge on any atom is -0.395 e. The summed E-state index contributed by atoms with van der Waals surface area (Å²) in [6.07, 6.45) is 0. The molecule has 3 nitrogen and oxygen atoms in total. The second-order valence-corrected chi connectivity index (χ2v) is 5.39. The van der Waals surface area contributed by atoms with Gasteiger partial charge in [0.05, 0.1) is 21.6 Å². The van der Waals surface area contributed by atoms with Crippen molar-refractivity contribution in [2.75, 3.05) is 11.1 Å². The highest BCUT2D eigenvalue weighted by Gasteiger charge is 2.10. The van der Waals surface area contributed by atoms with E-state index in [0.29, 0.717) is 0 Å². The maximum atomic E-state index is 6.17. The number of thiazole rings is 1. The van der Waals surface area contributed by atoms with Crippen LogP contribution in [0.3, 0.4) is 0 Å². The van der Waals surface area contributed by atoms with Crippen molar-refractivity contribution in [2.45, 2.75) is 13.0 Å². The molecule has 96 valence electrons. The molecule has 0 radical (unpaired) electrons. The van der Waals surface area contributed by atoms with Crippen LogP contribution in [-0.2, 0) is 0 Å². The lowest BCUT2D eigenvalue weighted by molar-refractivity contribution is 0.886. The molecule has 0 saturated heterocycles. The molecule has 1 unspecified atom stereocenters. The summed E-state index contributed by atoms with van der Waals surface area (Å²) in [6, 6.07) is 14.6. The Labute approximate surface area is 116 Å². The summed E-state index contributed by atoms with van der Waals surface area (Å²) < 4.78 is 1.12. The zero-order valence-electron chi connectivity index (χ0n) is 10.6. The lowest BCUT2D eigenvalue weighted by Crippen LogP contribution is -2.08. The van der Waals surface area contributed by atoms with E-state index in [2.05, 4.69) is 35.4 Å². The Hall–Kier alpha value is -2.07. The second kappa shape index (κ2) is 4.90. The van der Waals surface area contributed by atoms with Crippen LogP contribution in [0.25, 0.3) is 10.2 Å². The molecule has 19 heavy (non-hydrogen) atoms. The molecule has 0 bridgehead atoms. The maximum absolute atomic E-state index is 6.17. The minimum absolute atomic E-state index is 0.208. The standard InChI is InChI=1S/C15H15N3S/c1-10(11-5-3-2-4-6-11)18-12-7-8-13-15(14(12)16)17-9-19-13/h2-10,18H,16H2,1H3. The van der Waals surface area contributed by atoms with Crippen LogP contribution in [-0.4, -0.2) is 4.98 Å². The van der Waals surface area contributed by atoms with Gasteiger partial charge >= 0.3 is 0 Å². The number of nitrogens with one attached hydrogen (secondary N) is 1. The number of nitrogens with zero attached hydrogens (tertiary/aromatic N) is 1. The van der Waals surface area contributed by atoms with Crippen molar-refractivity contribution in [2.24, 2.45) is 0 Å². The van der Waals surface area contributed by atoms with E-state index in [1.807, 2.05) is 29.8 Å². The fourth-order valence-electron chi connectivity index (χ4n) is 2.14. The quantitative estimate of drug-likeness (QED) is 0.705.